The van der Waals surface area contributed by atoms with Crippen LogP contribution in [0, 0.1) is 11.7 Å². The highest BCUT2D eigenvalue weighted by Crippen LogP contribution is 2.30. The Kier molecular flexibility index (Phi) is 8.22. The minimum Gasteiger partial charge on any atom is -0.472 e. The number of hydrogen-bond acceptors (Lipinski definition) is 6. The average Bonchev–Trinajstić information content (AvgIpc) is 2.80. The molecule has 0 radical (unpaired) electrons. The van der Waals surface area contributed by atoms with Crippen LogP contribution in [0.1, 0.15) is 24.2 Å². The van der Waals surface area contributed by atoms with E-state index in [4.69, 9.17) is 4.74 Å². The first-order valence-electron chi connectivity index (χ1n) is 11.3. The smallest absolute Gasteiger partial charge is 0.259 e. The van der Waals surface area contributed by atoms with Crippen LogP contribution in [0.3, 0.4) is 0 Å². The summed E-state index contributed by atoms with van der Waals surface area (Å²) in [5, 5.41) is 9.79. The second-order valence-corrected chi connectivity index (χ2v) is 9.22. The number of likely N-dealkylation sites (N-methyl/N-ethyl adjacent to an activating group) is 2. The minimum atomic E-state index is -0.416. The molecule has 9 heteroatoms. The molecule has 0 aliphatic carbocycles. The maximum atomic E-state index is 13.5. The van der Waals surface area contributed by atoms with E-state index in [0.717, 1.165) is 0 Å². The molecule has 2 aromatic rings. The van der Waals surface area contributed by atoms with E-state index in [0.29, 0.717) is 24.2 Å². The fourth-order valence-electron chi connectivity index (χ4n) is 3.88. The molecule has 3 atom stereocenters. The summed E-state index contributed by atoms with van der Waals surface area (Å²) in [5.41, 5.74) is 1.63. The Labute approximate surface area is 199 Å². The standard InChI is InChI=1S/C25H33FN4O4/c1-16-12-30(17(2)15-31)25(33)21-10-19(18-6-8-20(26)9-7-18)11-27-24(21)34-22(16)13-29(5)23(32)14-28(3)4/h6-11,16-17,22,31H,12-15H2,1-5H3/t16-,17-,22+/m1/s1. The third-order valence-corrected chi connectivity index (χ3v) is 6.03. The highest BCUT2D eigenvalue weighted by atomic mass is 19.1. The number of pyridine rings is 1. The van der Waals surface area contributed by atoms with Crippen LogP contribution in [0.5, 0.6) is 5.88 Å². The van der Waals surface area contributed by atoms with Gasteiger partial charge < -0.3 is 24.5 Å². The van der Waals surface area contributed by atoms with Crippen molar-refractivity contribution in [3.63, 3.8) is 0 Å². The number of rotatable bonds is 7. The molecule has 1 aliphatic heterocycles. The van der Waals surface area contributed by atoms with Crippen molar-refractivity contribution in [1.82, 2.24) is 19.7 Å². The fraction of sp³-hybridized carbons (Fsp3) is 0.480. The first-order valence-corrected chi connectivity index (χ1v) is 11.3. The molecule has 1 N–H and O–H groups in total. The van der Waals surface area contributed by atoms with Crippen molar-refractivity contribution in [2.75, 3.05) is 47.4 Å². The van der Waals surface area contributed by atoms with E-state index in [1.54, 1.807) is 53.1 Å². The lowest BCUT2D eigenvalue weighted by Crippen LogP contribution is -2.51. The van der Waals surface area contributed by atoms with Gasteiger partial charge in [0.15, 0.2) is 0 Å². The molecule has 0 spiro atoms. The van der Waals surface area contributed by atoms with E-state index in [9.17, 15) is 19.1 Å². The molecule has 1 aliphatic rings. The van der Waals surface area contributed by atoms with Crippen LogP contribution in [0.2, 0.25) is 0 Å². The van der Waals surface area contributed by atoms with Crippen molar-refractivity contribution >= 4 is 11.8 Å². The number of amides is 2. The van der Waals surface area contributed by atoms with Crippen molar-refractivity contribution < 1.29 is 23.8 Å². The number of aliphatic hydroxyl groups is 1. The molecule has 34 heavy (non-hydrogen) atoms. The molecule has 0 bridgehead atoms. The van der Waals surface area contributed by atoms with Crippen LogP contribution in [0.4, 0.5) is 4.39 Å². The predicted molar refractivity (Wildman–Crippen MR) is 127 cm³/mol. The lowest BCUT2D eigenvalue weighted by Gasteiger charge is -2.37. The summed E-state index contributed by atoms with van der Waals surface area (Å²) >= 11 is 0. The van der Waals surface area contributed by atoms with Gasteiger partial charge in [0.1, 0.15) is 17.5 Å². The predicted octanol–water partition coefficient (Wildman–Crippen LogP) is 2.13. The topological polar surface area (TPSA) is 86.2 Å². The van der Waals surface area contributed by atoms with Gasteiger partial charge in [-0.15, -0.1) is 0 Å². The Bertz CT molecular complexity index is 1010. The lowest BCUT2D eigenvalue weighted by molar-refractivity contribution is -0.132. The number of fused-ring (bicyclic) bond motifs is 1. The van der Waals surface area contributed by atoms with E-state index >= 15 is 0 Å². The van der Waals surface area contributed by atoms with Gasteiger partial charge in [-0.05, 0) is 44.8 Å². The van der Waals surface area contributed by atoms with Gasteiger partial charge in [0, 0.05) is 31.3 Å². The molecule has 0 saturated carbocycles. The SMILES string of the molecule is C[C@@H]1CN([C@H](C)CO)C(=O)c2cc(-c3ccc(F)cc3)cnc2O[C@H]1CN(C)C(=O)CN(C)C. The second kappa shape index (κ2) is 10.9. The van der Waals surface area contributed by atoms with Crippen LogP contribution in [-0.2, 0) is 4.79 Å². The number of halogens is 1. The zero-order valence-corrected chi connectivity index (χ0v) is 20.4. The third kappa shape index (κ3) is 5.90. The average molecular weight is 473 g/mol. The van der Waals surface area contributed by atoms with Crippen molar-refractivity contribution in [2.45, 2.75) is 26.0 Å². The first kappa shape index (κ1) is 25.6. The molecular formula is C25H33FN4O4. The van der Waals surface area contributed by atoms with Gasteiger partial charge in [0.2, 0.25) is 11.8 Å². The summed E-state index contributed by atoms with van der Waals surface area (Å²) in [6.45, 7) is 4.50. The number of carbonyl (C=O) groups is 2. The zero-order valence-electron chi connectivity index (χ0n) is 20.4. The maximum absolute atomic E-state index is 13.5. The number of aromatic nitrogens is 1. The number of hydrogen-bond donors (Lipinski definition) is 1. The van der Waals surface area contributed by atoms with Crippen molar-refractivity contribution in [3.8, 4) is 17.0 Å². The molecule has 3 rings (SSSR count). The Hall–Kier alpha value is -3.04. The van der Waals surface area contributed by atoms with E-state index in [2.05, 4.69) is 4.98 Å². The van der Waals surface area contributed by atoms with Crippen molar-refractivity contribution in [1.29, 1.82) is 0 Å². The van der Waals surface area contributed by atoms with E-state index in [-0.39, 0.29) is 48.1 Å². The Morgan fingerprint density at radius 1 is 1.26 bits per heavy atom. The second-order valence-electron chi connectivity index (χ2n) is 9.22. The van der Waals surface area contributed by atoms with Gasteiger partial charge in [-0.2, -0.15) is 0 Å². The van der Waals surface area contributed by atoms with Gasteiger partial charge in [-0.3, -0.25) is 9.59 Å². The number of aliphatic hydroxyl groups excluding tert-OH is 1. The van der Waals surface area contributed by atoms with Crippen LogP contribution in [0.25, 0.3) is 11.1 Å². The molecule has 1 aromatic heterocycles. The first-order chi connectivity index (χ1) is 16.1. The fourth-order valence-corrected chi connectivity index (χ4v) is 3.88. The van der Waals surface area contributed by atoms with Crippen LogP contribution >= 0.6 is 0 Å². The van der Waals surface area contributed by atoms with Crippen LogP contribution < -0.4 is 4.74 Å². The normalized spacial score (nSPS) is 19.2. The van der Waals surface area contributed by atoms with Gasteiger partial charge in [-0.1, -0.05) is 19.1 Å². The molecule has 0 saturated heterocycles. The summed E-state index contributed by atoms with van der Waals surface area (Å²) in [6.07, 6.45) is 1.17. The number of ether oxygens (including phenoxy) is 1. The quantitative estimate of drug-likeness (QED) is 0.665. The Morgan fingerprint density at radius 3 is 2.56 bits per heavy atom. The molecule has 2 amide bonds. The van der Waals surface area contributed by atoms with Gasteiger partial charge in [0.05, 0.1) is 25.7 Å². The van der Waals surface area contributed by atoms with E-state index < -0.39 is 12.1 Å². The highest BCUT2D eigenvalue weighted by molar-refractivity contribution is 5.98. The van der Waals surface area contributed by atoms with Crippen LogP contribution in [-0.4, -0.2) is 96.1 Å². The summed E-state index contributed by atoms with van der Waals surface area (Å²) in [4.78, 5) is 35.5. The van der Waals surface area contributed by atoms with Gasteiger partial charge >= 0.3 is 0 Å². The van der Waals surface area contributed by atoms with Crippen molar-refractivity contribution in [2.24, 2.45) is 5.92 Å². The summed E-state index contributed by atoms with van der Waals surface area (Å²) in [7, 11) is 5.39. The molecular weight excluding hydrogens is 439 g/mol. The zero-order chi connectivity index (χ0) is 25.0. The monoisotopic (exact) mass is 472 g/mol. The van der Waals surface area contributed by atoms with E-state index in [1.165, 1.54) is 12.1 Å². The van der Waals surface area contributed by atoms with Crippen molar-refractivity contribution in [3.05, 3.63) is 47.9 Å². The molecule has 8 nitrogen and oxygen atoms in total. The molecule has 1 aromatic carbocycles. The van der Waals surface area contributed by atoms with Crippen LogP contribution in [0.15, 0.2) is 36.5 Å². The molecule has 0 fully saturated rings. The Morgan fingerprint density at radius 2 is 1.94 bits per heavy atom. The molecule has 0 unspecified atom stereocenters. The van der Waals surface area contributed by atoms with E-state index in [1.807, 2.05) is 21.0 Å². The molecule has 2 heterocycles. The highest BCUT2D eigenvalue weighted by Gasteiger charge is 2.34. The number of benzene rings is 1. The largest absolute Gasteiger partial charge is 0.472 e. The number of carbonyl (C=O) groups excluding carboxylic acids is 2. The maximum Gasteiger partial charge on any atom is 0.259 e. The summed E-state index contributed by atoms with van der Waals surface area (Å²) in [6, 6.07) is 7.22. The summed E-state index contributed by atoms with van der Waals surface area (Å²) < 4.78 is 19.6. The molecule has 184 valence electrons. The number of nitrogens with zero attached hydrogens (tertiary/aromatic N) is 4. The Balaban J connectivity index is 1.98. The lowest BCUT2D eigenvalue weighted by atomic mass is 9.99. The third-order valence-electron chi connectivity index (χ3n) is 6.03. The van der Waals surface area contributed by atoms with Gasteiger partial charge in [-0.25, -0.2) is 9.37 Å². The minimum absolute atomic E-state index is 0.0423. The summed E-state index contributed by atoms with van der Waals surface area (Å²) in [5.74, 6) is -0.639. The van der Waals surface area contributed by atoms with Gasteiger partial charge in [0.25, 0.3) is 5.91 Å².